The van der Waals surface area contributed by atoms with Gasteiger partial charge < -0.3 is 4.74 Å². The normalized spacial score (nSPS) is 10.3. The molecule has 0 amide bonds. The fraction of sp³-hybridized carbons (Fsp3) is 0.455. The van der Waals surface area contributed by atoms with Crippen LogP contribution in [0.3, 0.4) is 0 Å². The first-order valence-corrected chi connectivity index (χ1v) is 6.75. The van der Waals surface area contributed by atoms with Gasteiger partial charge in [0.05, 0.1) is 6.61 Å². The van der Waals surface area contributed by atoms with Crippen LogP contribution in [0.5, 0.6) is 5.75 Å². The number of halogens is 3. The van der Waals surface area contributed by atoms with Crippen LogP contribution in [0.25, 0.3) is 0 Å². The third-order valence-corrected chi connectivity index (χ3v) is 2.88. The summed E-state index contributed by atoms with van der Waals surface area (Å²) in [6.07, 6.45) is 3.40. The Kier molecular flexibility index (Phi) is 6.46. The Morgan fingerprint density at radius 2 is 1.67 bits per heavy atom. The van der Waals surface area contributed by atoms with Crippen LogP contribution in [-0.2, 0) is 0 Å². The summed E-state index contributed by atoms with van der Waals surface area (Å²) in [7, 11) is 0. The van der Waals surface area contributed by atoms with Gasteiger partial charge in [-0.1, -0.05) is 39.1 Å². The Labute approximate surface area is 109 Å². The lowest BCUT2D eigenvalue weighted by atomic mass is 10.3. The van der Waals surface area contributed by atoms with E-state index in [1.54, 1.807) is 18.2 Å². The molecule has 0 N–H and O–H groups in total. The highest BCUT2D eigenvalue weighted by molar-refractivity contribution is 9.09. The Bertz CT molecular complexity index is 284. The predicted molar refractivity (Wildman–Crippen MR) is 69.6 cm³/mol. The molecule has 1 aromatic carbocycles. The van der Waals surface area contributed by atoms with Crippen LogP contribution in [0.1, 0.15) is 19.3 Å². The molecule has 1 nitrogen and oxygen atoms in total. The minimum Gasteiger partial charge on any atom is -0.493 e. The van der Waals surface area contributed by atoms with E-state index in [1.165, 1.54) is 12.8 Å². The zero-order chi connectivity index (χ0) is 11.1. The third kappa shape index (κ3) is 5.64. The van der Waals surface area contributed by atoms with Crippen molar-refractivity contribution < 1.29 is 4.74 Å². The molecule has 0 saturated heterocycles. The quantitative estimate of drug-likeness (QED) is 0.534. The number of benzene rings is 1. The maximum atomic E-state index is 5.84. The lowest BCUT2D eigenvalue weighted by Gasteiger charge is -2.06. The SMILES string of the molecule is Clc1cc(Cl)cc(OCCCCCBr)c1. The van der Waals surface area contributed by atoms with Gasteiger partial charge in [-0.05, 0) is 37.5 Å². The van der Waals surface area contributed by atoms with Gasteiger partial charge >= 0.3 is 0 Å². The van der Waals surface area contributed by atoms with Crippen molar-refractivity contribution >= 4 is 39.1 Å². The minimum absolute atomic E-state index is 0.609. The lowest BCUT2D eigenvalue weighted by molar-refractivity contribution is 0.306. The monoisotopic (exact) mass is 310 g/mol. The molecule has 0 spiro atoms. The summed E-state index contributed by atoms with van der Waals surface area (Å²) in [5.41, 5.74) is 0. The third-order valence-electron chi connectivity index (χ3n) is 1.88. The number of hydrogen-bond acceptors (Lipinski definition) is 1. The van der Waals surface area contributed by atoms with Crippen molar-refractivity contribution in [2.75, 3.05) is 11.9 Å². The van der Waals surface area contributed by atoms with Gasteiger partial charge in [0, 0.05) is 15.4 Å². The molecule has 0 radical (unpaired) electrons. The highest BCUT2D eigenvalue weighted by Crippen LogP contribution is 2.24. The van der Waals surface area contributed by atoms with Crippen molar-refractivity contribution in [1.82, 2.24) is 0 Å². The number of hydrogen-bond donors (Lipinski definition) is 0. The van der Waals surface area contributed by atoms with Crippen molar-refractivity contribution in [2.24, 2.45) is 0 Å². The van der Waals surface area contributed by atoms with Gasteiger partial charge in [0.15, 0.2) is 0 Å². The molecule has 1 aromatic rings. The highest BCUT2D eigenvalue weighted by atomic mass is 79.9. The van der Waals surface area contributed by atoms with Gasteiger partial charge in [-0.3, -0.25) is 0 Å². The van der Waals surface area contributed by atoms with Crippen molar-refractivity contribution in [2.45, 2.75) is 19.3 Å². The van der Waals surface area contributed by atoms with Gasteiger partial charge in [-0.25, -0.2) is 0 Å². The first-order valence-electron chi connectivity index (χ1n) is 4.87. The fourth-order valence-corrected chi connectivity index (χ4v) is 2.08. The molecule has 15 heavy (non-hydrogen) atoms. The molecule has 0 atom stereocenters. The summed E-state index contributed by atoms with van der Waals surface area (Å²) < 4.78 is 5.53. The van der Waals surface area contributed by atoms with Crippen molar-refractivity contribution in [3.63, 3.8) is 0 Å². The fourth-order valence-electron chi connectivity index (χ4n) is 1.18. The Morgan fingerprint density at radius 3 is 2.27 bits per heavy atom. The summed E-state index contributed by atoms with van der Waals surface area (Å²) in [6.45, 7) is 0.712. The maximum absolute atomic E-state index is 5.84. The lowest BCUT2D eigenvalue weighted by Crippen LogP contribution is -1.97. The average molecular weight is 312 g/mol. The number of ether oxygens (including phenoxy) is 1. The van der Waals surface area contributed by atoms with E-state index in [0.29, 0.717) is 16.7 Å². The summed E-state index contributed by atoms with van der Waals surface area (Å²) in [5, 5.41) is 2.27. The molecule has 0 bridgehead atoms. The molecular weight excluding hydrogens is 299 g/mol. The molecular formula is C11H13BrCl2O. The number of alkyl halides is 1. The van der Waals surface area contributed by atoms with Gasteiger partial charge in [-0.15, -0.1) is 0 Å². The van der Waals surface area contributed by atoms with Crippen LogP contribution in [0, 0.1) is 0 Å². The van der Waals surface area contributed by atoms with Crippen LogP contribution in [0.15, 0.2) is 18.2 Å². The van der Waals surface area contributed by atoms with Crippen LogP contribution in [-0.4, -0.2) is 11.9 Å². The molecule has 0 saturated carbocycles. The highest BCUT2D eigenvalue weighted by Gasteiger charge is 1.98. The second kappa shape index (κ2) is 7.37. The summed E-state index contributed by atoms with van der Waals surface area (Å²) in [6, 6.07) is 5.25. The van der Waals surface area contributed by atoms with Crippen molar-refractivity contribution in [3.8, 4) is 5.75 Å². The van der Waals surface area contributed by atoms with Gasteiger partial charge in [0.2, 0.25) is 0 Å². The molecule has 0 aliphatic rings. The molecule has 0 unspecified atom stereocenters. The first-order chi connectivity index (χ1) is 7.22. The van der Waals surface area contributed by atoms with E-state index in [-0.39, 0.29) is 0 Å². The molecule has 0 aliphatic carbocycles. The summed E-state index contributed by atoms with van der Waals surface area (Å²) in [4.78, 5) is 0. The topological polar surface area (TPSA) is 9.23 Å². The van der Waals surface area contributed by atoms with Crippen LogP contribution < -0.4 is 4.74 Å². The standard InChI is InChI=1S/C11H13BrCl2O/c12-4-2-1-3-5-15-11-7-9(13)6-10(14)8-11/h6-8H,1-5H2. The largest absolute Gasteiger partial charge is 0.493 e. The Balaban J connectivity index is 2.31. The van der Waals surface area contributed by atoms with Gasteiger partial charge in [-0.2, -0.15) is 0 Å². The van der Waals surface area contributed by atoms with Gasteiger partial charge in [0.25, 0.3) is 0 Å². The number of unbranched alkanes of at least 4 members (excludes halogenated alkanes) is 2. The van der Waals surface area contributed by atoms with Crippen LogP contribution in [0.2, 0.25) is 10.0 Å². The molecule has 1 rings (SSSR count). The van der Waals surface area contributed by atoms with Crippen LogP contribution in [0.4, 0.5) is 0 Å². The molecule has 0 fully saturated rings. The molecule has 0 aromatic heterocycles. The van der Waals surface area contributed by atoms with E-state index in [9.17, 15) is 0 Å². The Morgan fingerprint density at radius 1 is 1.00 bits per heavy atom. The zero-order valence-electron chi connectivity index (χ0n) is 8.31. The van der Waals surface area contributed by atoms with E-state index >= 15 is 0 Å². The second-order valence-corrected chi connectivity index (χ2v) is 4.87. The second-order valence-electron chi connectivity index (χ2n) is 3.20. The zero-order valence-corrected chi connectivity index (χ0v) is 11.4. The van der Waals surface area contributed by atoms with Crippen molar-refractivity contribution in [1.29, 1.82) is 0 Å². The van der Waals surface area contributed by atoms with Crippen LogP contribution >= 0.6 is 39.1 Å². The van der Waals surface area contributed by atoms with E-state index in [2.05, 4.69) is 15.9 Å². The van der Waals surface area contributed by atoms with Crippen molar-refractivity contribution in [3.05, 3.63) is 28.2 Å². The van der Waals surface area contributed by atoms with Gasteiger partial charge in [0.1, 0.15) is 5.75 Å². The van der Waals surface area contributed by atoms with E-state index in [1.807, 2.05) is 0 Å². The minimum atomic E-state index is 0.609. The first kappa shape index (κ1) is 13.1. The smallest absolute Gasteiger partial charge is 0.122 e. The molecule has 0 heterocycles. The average Bonchev–Trinajstić information content (AvgIpc) is 2.16. The maximum Gasteiger partial charge on any atom is 0.122 e. The predicted octanol–water partition coefficient (Wildman–Crippen LogP) is 4.94. The van der Waals surface area contributed by atoms with E-state index in [4.69, 9.17) is 27.9 Å². The Hall–Kier alpha value is 0.0800. The summed E-state index contributed by atoms with van der Waals surface area (Å²) in [5.74, 6) is 0.742. The molecule has 4 heteroatoms. The molecule has 0 aliphatic heterocycles. The molecule has 84 valence electrons. The summed E-state index contributed by atoms with van der Waals surface area (Å²) >= 11 is 15.1. The van der Waals surface area contributed by atoms with E-state index < -0.39 is 0 Å². The van der Waals surface area contributed by atoms with E-state index in [0.717, 1.165) is 17.5 Å². The number of rotatable bonds is 6.